The summed E-state index contributed by atoms with van der Waals surface area (Å²) in [4.78, 5) is 15.0. The molecule has 0 spiro atoms. The summed E-state index contributed by atoms with van der Waals surface area (Å²) in [5.74, 6) is -2.45. The molecule has 1 aromatic carbocycles. The number of nitrogens with two attached hydrogens (primary N) is 1. The highest BCUT2D eigenvalue weighted by atomic mass is 32.2. The lowest BCUT2D eigenvalue weighted by molar-refractivity contribution is 0.0993. The molecule has 2 heterocycles. The van der Waals surface area contributed by atoms with Gasteiger partial charge in [-0.05, 0) is 37.1 Å². The second-order valence-electron chi connectivity index (χ2n) is 6.47. The molecule has 1 aliphatic rings. The molecule has 0 saturated carbocycles. The molecule has 150 valence electrons. The van der Waals surface area contributed by atoms with Crippen LogP contribution in [0.15, 0.2) is 36.5 Å². The highest BCUT2D eigenvalue weighted by Crippen LogP contribution is 2.23. The van der Waals surface area contributed by atoms with E-state index >= 15 is 0 Å². The number of carbonyl (C=O) groups is 1. The molecule has 28 heavy (non-hydrogen) atoms. The minimum absolute atomic E-state index is 0.0411. The number of rotatable bonds is 6. The Morgan fingerprint density at radius 2 is 2.07 bits per heavy atom. The van der Waals surface area contributed by atoms with Crippen LogP contribution < -0.4 is 10.5 Å². The van der Waals surface area contributed by atoms with Gasteiger partial charge in [-0.3, -0.25) is 9.78 Å². The van der Waals surface area contributed by atoms with Gasteiger partial charge in [0, 0.05) is 24.4 Å². The van der Waals surface area contributed by atoms with Crippen molar-refractivity contribution >= 4 is 15.9 Å². The largest absolute Gasteiger partial charge is 0.489 e. The van der Waals surface area contributed by atoms with E-state index in [2.05, 4.69) is 4.98 Å². The Balaban J connectivity index is 1.71. The summed E-state index contributed by atoms with van der Waals surface area (Å²) in [6.07, 6.45) is 2.07. The number of nitrogens with zero attached hydrogens (tertiary/aromatic N) is 2. The van der Waals surface area contributed by atoms with Crippen molar-refractivity contribution in [3.05, 3.63) is 59.4 Å². The Hall–Kier alpha value is -2.59. The maximum absolute atomic E-state index is 13.8. The van der Waals surface area contributed by atoms with Crippen molar-refractivity contribution in [3.63, 3.8) is 0 Å². The molecule has 1 saturated heterocycles. The number of hydrogen-bond donors (Lipinski definition) is 1. The Bertz CT molecular complexity index is 985. The van der Waals surface area contributed by atoms with E-state index in [0.29, 0.717) is 18.6 Å². The molecule has 1 amide bonds. The molecule has 3 rings (SSSR count). The van der Waals surface area contributed by atoms with Gasteiger partial charge in [-0.25, -0.2) is 17.2 Å². The van der Waals surface area contributed by atoms with Crippen molar-refractivity contribution in [1.29, 1.82) is 0 Å². The van der Waals surface area contributed by atoms with Crippen molar-refractivity contribution in [2.75, 3.05) is 13.1 Å². The Kier molecular flexibility index (Phi) is 5.90. The summed E-state index contributed by atoms with van der Waals surface area (Å²) in [7, 11) is -3.86. The molecule has 1 aromatic heterocycles. The van der Waals surface area contributed by atoms with Crippen molar-refractivity contribution in [2.45, 2.75) is 24.7 Å². The maximum atomic E-state index is 13.8. The van der Waals surface area contributed by atoms with Gasteiger partial charge in [-0.1, -0.05) is 0 Å². The number of carbonyl (C=O) groups excluding carboxylic acids is 1. The monoisotopic (exact) mass is 411 g/mol. The predicted octanol–water partition coefficient (Wildman–Crippen LogP) is 1.83. The van der Waals surface area contributed by atoms with Crippen LogP contribution in [-0.4, -0.2) is 42.8 Å². The standard InChI is InChI=1S/C18H19F2N3O4S/c19-13-3-4-16(20)12(8-13)11-28(25,26)23-7-1-2-15(10-23)27-14-5-6-22-17(9-14)18(21)24/h3-6,8-9,15H,1-2,7,10-11H2,(H2,21,24). The van der Waals surface area contributed by atoms with Crippen LogP contribution in [0.25, 0.3) is 0 Å². The predicted molar refractivity (Wildman–Crippen MR) is 97.0 cm³/mol. The maximum Gasteiger partial charge on any atom is 0.267 e. The number of primary amides is 1. The lowest BCUT2D eigenvalue weighted by atomic mass is 10.1. The van der Waals surface area contributed by atoms with Gasteiger partial charge in [-0.2, -0.15) is 4.31 Å². The molecule has 2 aromatic rings. The highest BCUT2D eigenvalue weighted by molar-refractivity contribution is 7.88. The molecule has 1 fully saturated rings. The first-order valence-electron chi connectivity index (χ1n) is 8.59. The smallest absolute Gasteiger partial charge is 0.267 e. The second-order valence-corrected chi connectivity index (χ2v) is 8.44. The van der Waals surface area contributed by atoms with Gasteiger partial charge in [0.05, 0.1) is 12.3 Å². The highest BCUT2D eigenvalue weighted by Gasteiger charge is 2.31. The van der Waals surface area contributed by atoms with Gasteiger partial charge in [0.25, 0.3) is 5.91 Å². The van der Waals surface area contributed by atoms with Crippen LogP contribution in [0.3, 0.4) is 0 Å². The van der Waals surface area contributed by atoms with Gasteiger partial charge in [0.15, 0.2) is 0 Å². The number of pyridine rings is 1. The number of sulfonamides is 1. The van der Waals surface area contributed by atoms with Gasteiger partial charge >= 0.3 is 0 Å². The first-order valence-corrected chi connectivity index (χ1v) is 10.2. The zero-order valence-corrected chi connectivity index (χ0v) is 15.7. The van der Waals surface area contributed by atoms with Crippen molar-refractivity contribution in [3.8, 4) is 5.75 Å². The molecular weight excluding hydrogens is 392 g/mol. The normalized spacial score (nSPS) is 18.0. The van der Waals surface area contributed by atoms with Gasteiger partial charge in [0.1, 0.15) is 29.2 Å². The van der Waals surface area contributed by atoms with Gasteiger partial charge in [0.2, 0.25) is 10.0 Å². The van der Waals surface area contributed by atoms with E-state index < -0.39 is 39.4 Å². The number of halogens is 2. The van der Waals surface area contributed by atoms with E-state index in [0.717, 1.165) is 18.2 Å². The lowest BCUT2D eigenvalue weighted by Crippen LogP contribution is -2.44. The summed E-state index contributed by atoms with van der Waals surface area (Å²) < 4.78 is 59.5. The minimum Gasteiger partial charge on any atom is -0.489 e. The van der Waals surface area contributed by atoms with E-state index in [1.54, 1.807) is 6.07 Å². The number of amides is 1. The Morgan fingerprint density at radius 3 is 2.82 bits per heavy atom. The lowest BCUT2D eigenvalue weighted by Gasteiger charge is -2.32. The molecule has 2 N–H and O–H groups in total. The summed E-state index contributed by atoms with van der Waals surface area (Å²) >= 11 is 0. The van der Waals surface area contributed by atoms with E-state index in [4.69, 9.17) is 10.5 Å². The third kappa shape index (κ3) is 4.82. The third-order valence-electron chi connectivity index (χ3n) is 4.37. The topological polar surface area (TPSA) is 103 Å². The fourth-order valence-corrected chi connectivity index (χ4v) is 4.60. The fourth-order valence-electron chi connectivity index (χ4n) is 3.01. The minimum atomic E-state index is -3.86. The molecule has 1 atom stereocenters. The van der Waals surface area contributed by atoms with Crippen molar-refractivity contribution in [1.82, 2.24) is 9.29 Å². The molecule has 0 radical (unpaired) electrons. The molecule has 7 nitrogen and oxygen atoms in total. The van der Waals surface area contributed by atoms with Crippen LogP contribution in [0.4, 0.5) is 8.78 Å². The summed E-state index contributed by atoms with van der Waals surface area (Å²) in [5.41, 5.74) is 5.01. The van der Waals surface area contributed by atoms with Gasteiger partial charge in [-0.15, -0.1) is 0 Å². The third-order valence-corrected chi connectivity index (χ3v) is 6.16. The molecular formula is C18H19F2N3O4S. The number of piperidine rings is 1. The van der Waals surface area contributed by atoms with Crippen LogP contribution in [0.2, 0.25) is 0 Å². The summed E-state index contributed by atoms with van der Waals surface area (Å²) in [6.45, 7) is 0.329. The van der Waals surface area contributed by atoms with Crippen molar-refractivity contribution in [2.24, 2.45) is 5.73 Å². The zero-order valence-electron chi connectivity index (χ0n) is 14.8. The Labute approximate surface area is 161 Å². The van der Waals surface area contributed by atoms with E-state index in [-0.39, 0.29) is 24.3 Å². The van der Waals surface area contributed by atoms with E-state index in [1.807, 2.05) is 0 Å². The second kappa shape index (κ2) is 8.19. The molecule has 0 bridgehead atoms. The van der Waals surface area contributed by atoms with Crippen LogP contribution in [-0.2, 0) is 15.8 Å². The number of aromatic nitrogens is 1. The number of hydrogen-bond acceptors (Lipinski definition) is 5. The quantitative estimate of drug-likeness (QED) is 0.781. The van der Waals surface area contributed by atoms with Crippen LogP contribution in [0, 0.1) is 11.6 Å². The molecule has 0 aliphatic carbocycles. The number of ether oxygens (including phenoxy) is 1. The first-order chi connectivity index (χ1) is 13.2. The Morgan fingerprint density at radius 1 is 1.29 bits per heavy atom. The molecule has 1 unspecified atom stereocenters. The fraction of sp³-hybridized carbons (Fsp3) is 0.333. The van der Waals surface area contributed by atoms with Crippen molar-refractivity contribution < 1.29 is 26.7 Å². The van der Waals surface area contributed by atoms with Crippen LogP contribution in [0.5, 0.6) is 5.75 Å². The zero-order chi connectivity index (χ0) is 20.3. The van der Waals surface area contributed by atoms with Crippen LogP contribution >= 0.6 is 0 Å². The SMILES string of the molecule is NC(=O)c1cc(OC2CCCN(S(=O)(=O)Cc3cc(F)ccc3F)C2)ccn1. The summed E-state index contributed by atoms with van der Waals surface area (Å²) in [6, 6.07) is 5.65. The van der Waals surface area contributed by atoms with Crippen LogP contribution in [0.1, 0.15) is 28.9 Å². The average Bonchev–Trinajstić information content (AvgIpc) is 2.65. The van der Waals surface area contributed by atoms with E-state index in [9.17, 15) is 22.0 Å². The number of benzene rings is 1. The summed E-state index contributed by atoms with van der Waals surface area (Å²) in [5, 5.41) is 0. The average molecular weight is 411 g/mol. The first kappa shape index (κ1) is 20.2. The van der Waals surface area contributed by atoms with Gasteiger partial charge < -0.3 is 10.5 Å². The molecule has 1 aliphatic heterocycles. The molecule has 10 heteroatoms. The van der Waals surface area contributed by atoms with E-state index in [1.165, 1.54) is 16.6 Å².